The molecule has 0 saturated heterocycles. The summed E-state index contributed by atoms with van der Waals surface area (Å²) in [7, 11) is 0. The Morgan fingerprint density at radius 1 is 1.17 bits per heavy atom. The molecular weight excluding hydrogens is 308 g/mol. The lowest BCUT2D eigenvalue weighted by Gasteiger charge is -2.17. The molecule has 1 saturated carbocycles. The molecule has 1 aliphatic rings. The van der Waals surface area contributed by atoms with Gasteiger partial charge >= 0.3 is 12.6 Å². The summed E-state index contributed by atoms with van der Waals surface area (Å²) in [5.74, 6) is -1.07. The third-order valence-corrected chi connectivity index (χ3v) is 3.67. The number of ether oxygens (including phenoxy) is 2. The SMILES string of the molecule is C[C@H](OC(=O)c1ccc(OC(F)F)cc1)C(=O)NC1CCCC1. The molecule has 0 bridgehead atoms. The molecule has 23 heavy (non-hydrogen) atoms. The van der Waals surface area contributed by atoms with Crippen LogP contribution in [0.4, 0.5) is 8.78 Å². The molecule has 1 aromatic rings. The van der Waals surface area contributed by atoms with E-state index in [-0.39, 0.29) is 23.3 Å². The van der Waals surface area contributed by atoms with E-state index in [0.717, 1.165) is 25.7 Å². The Morgan fingerprint density at radius 2 is 1.78 bits per heavy atom. The minimum absolute atomic E-state index is 0.0522. The van der Waals surface area contributed by atoms with E-state index in [1.807, 2.05) is 0 Å². The molecule has 1 N–H and O–H groups in total. The number of alkyl halides is 2. The third-order valence-electron chi connectivity index (χ3n) is 3.67. The lowest BCUT2D eigenvalue weighted by molar-refractivity contribution is -0.129. The predicted octanol–water partition coefficient (Wildman–Crippen LogP) is 2.89. The molecular formula is C16H19F2NO4. The first-order valence-corrected chi connectivity index (χ1v) is 7.52. The number of benzene rings is 1. The molecule has 0 spiro atoms. The zero-order valence-corrected chi connectivity index (χ0v) is 12.8. The molecule has 2 rings (SSSR count). The summed E-state index contributed by atoms with van der Waals surface area (Å²) in [6.07, 6.45) is 3.15. The van der Waals surface area contributed by atoms with Gasteiger partial charge in [0.2, 0.25) is 0 Å². The van der Waals surface area contributed by atoms with Crippen LogP contribution in [-0.4, -0.2) is 30.6 Å². The quantitative estimate of drug-likeness (QED) is 0.816. The van der Waals surface area contributed by atoms with Gasteiger partial charge in [-0.2, -0.15) is 8.78 Å². The Morgan fingerprint density at radius 3 is 2.35 bits per heavy atom. The average Bonchev–Trinajstić information content (AvgIpc) is 3.00. The number of nitrogens with one attached hydrogen (secondary N) is 1. The van der Waals surface area contributed by atoms with Crippen molar-refractivity contribution in [3.05, 3.63) is 29.8 Å². The van der Waals surface area contributed by atoms with E-state index < -0.39 is 18.7 Å². The van der Waals surface area contributed by atoms with Crippen molar-refractivity contribution in [2.24, 2.45) is 0 Å². The van der Waals surface area contributed by atoms with Crippen LogP contribution in [0.3, 0.4) is 0 Å². The van der Waals surface area contributed by atoms with Gasteiger partial charge < -0.3 is 14.8 Å². The fourth-order valence-electron chi connectivity index (χ4n) is 2.44. The van der Waals surface area contributed by atoms with Gasteiger partial charge in [-0.3, -0.25) is 4.79 Å². The number of hydrogen-bond acceptors (Lipinski definition) is 4. The molecule has 1 fully saturated rings. The van der Waals surface area contributed by atoms with Crippen LogP contribution in [0.1, 0.15) is 43.0 Å². The fourth-order valence-corrected chi connectivity index (χ4v) is 2.44. The molecule has 0 heterocycles. The van der Waals surface area contributed by atoms with Crippen LogP contribution in [0.5, 0.6) is 5.75 Å². The number of amides is 1. The zero-order chi connectivity index (χ0) is 16.8. The van der Waals surface area contributed by atoms with Gasteiger partial charge in [0.15, 0.2) is 6.10 Å². The van der Waals surface area contributed by atoms with Crippen molar-refractivity contribution in [2.45, 2.75) is 51.4 Å². The van der Waals surface area contributed by atoms with Gasteiger partial charge in [0.25, 0.3) is 5.91 Å². The Hall–Kier alpha value is -2.18. The van der Waals surface area contributed by atoms with Gasteiger partial charge in [0.05, 0.1) is 5.56 Å². The maximum Gasteiger partial charge on any atom is 0.387 e. The van der Waals surface area contributed by atoms with Gasteiger partial charge in [0, 0.05) is 6.04 Å². The van der Waals surface area contributed by atoms with E-state index in [0.29, 0.717) is 0 Å². The zero-order valence-electron chi connectivity index (χ0n) is 12.8. The van der Waals surface area contributed by atoms with Crippen LogP contribution >= 0.6 is 0 Å². The Bertz CT molecular complexity index is 542. The van der Waals surface area contributed by atoms with Crippen molar-refractivity contribution < 1.29 is 27.8 Å². The Kier molecular flexibility index (Phi) is 5.90. The maximum atomic E-state index is 12.0. The molecule has 0 radical (unpaired) electrons. The van der Waals surface area contributed by atoms with E-state index in [9.17, 15) is 18.4 Å². The molecule has 1 atom stereocenters. The molecule has 126 valence electrons. The van der Waals surface area contributed by atoms with Crippen molar-refractivity contribution in [1.29, 1.82) is 0 Å². The lowest BCUT2D eigenvalue weighted by atomic mass is 10.2. The molecule has 5 nitrogen and oxygen atoms in total. The van der Waals surface area contributed by atoms with Crippen LogP contribution in [0.15, 0.2) is 24.3 Å². The highest BCUT2D eigenvalue weighted by Gasteiger charge is 2.23. The highest BCUT2D eigenvalue weighted by molar-refractivity contribution is 5.92. The monoisotopic (exact) mass is 327 g/mol. The van der Waals surface area contributed by atoms with E-state index in [4.69, 9.17) is 4.74 Å². The van der Waals surface area contributed by atoms with Crippen molar-refractivity contribution in [3.63, 3.8) is 0 Å². The normalized spacial score (nSPS) is 16.2. The topological polar surface area (TPSA) is 64.6 Å². The predicted molar refractivity (Wildman–Crippen MR) is 78.4 cm³/mol. The van der Waals surface area contributed by atoms with E-state index >= 15 is 0 Å². The van der Waals surface area contributed by atoms with Gasteiger partial charge in [-0.05, 0) is 44.0 Å². The molecule has 0 aromatic heterocycles. The molecule has 0 unspecified atom stereocenters. The van der Waals surface area contributed by atoms with Crippen molar-refractivity contribution in [3.8, 4) is 5.75 Å². The van der Waals surface area contributed by atoms with Crippen LogP contribution in [0.2, 0.25) is 0 Å². The molecule has 1 aliphatic carbocycles. The maximum absolute atomic E-state index is 12.0. The number of carbonyl (C=O) groups excluding carboxylic acids is 2. The average molecular weight is 327 g/mol. The number of hydrogen-bond donors (Lipinski definition) is 1. The standard InChI is InChI=1S/C16H19F2NO4/c1-10(14(20)19-12-4-2-3-5-12)22-15(21)11-6-8-13(9-7-11)23-16(17)18/h6-10,12,16H,2-5H2,1H3,(H,19,20)/t10-/m0/s1. The molecule has 7 heteroatoms. The second-order valence-electron chi connectivity index (χ2n) is 5.44. The van der Waals surface area contributed by atoms with Crippen LogP contribution in [-0.2, 0) is 9.53 Å². The minimum Gasteiger partial charge on any atom is -0.449 e. The summed E-state index contributed by atoms with van der Waals surface area (Å²) in [6, 6.07) is 5.25. The van der Waals surface area contributed by atoms with Crippen LogP contribution < -0.4 is 10.1 Å². The first kappa shape index (κ1) is 17.2. The van der Waals surface area contributed by atoms with E-state index in [2.05, 4.69) is 10.1 Å². The van der Waals surface area contributed by atoms with E-state index in [1.165, 1.54) is 31.2 Å². The number of rotatable bonds is 6. The first-order chi connectivity index (χ1) is 11.0. The van der Waals surface area contributed by atoms with Crippen LogP contribution in [0.25, 0.3) is 0 Å². The third kappa shape index (κ3) is 5.19. The van der Waals surface area contributed by atoms with Crippen molar-refractivity contribution in [1.82, 2.24) is 5.32 Å². The number of carbonyl (C=O) groups is 2. The summed E-state index contributed by atoms with van der Waals surface area (Å²) >= 11 is 0. The van der Waals surface area contributed by atoms with Crippen molar-refractivity contribution in [2.75, 3.05) is 0 Å². The number of esters is 1. The minimum atomic E-state index is -2.92. The van der Waals surface area contributed by atoms with Crippen molar-refractivity contribution >= 4 is 11.9 Å². The van der Waals surface area contributed by atoms with Gasteiger partial charge in [0.1, 0.15) is 5.75 Å². The summed E-state index contributed by atoms with van der Waals surface area (Å²) in [5.41, 5.74) is 0.159. The highest BCUT2D eigenvalue weighted by atomic mass is 19.3. The van der Waals surface area contributed by atoms with Crippen LogP contribution in [0, 0.1) is 0 Å². The Balaban J connectivity index is 1.86. The fraction of sp³-hybridized carbons (Fsp3) is 0.500. The van der Waals surface area contributed by atoms with Gasteiger partial charge in [-0.1, -0.05) is 12.8 Å². The number of halogens is 2. The molecule has 1 aromatic carbocycles. The molecule has 1 amide bonds. The summed E-state index contributed by atoms with van der Waals surface area (Å²) in [5, 5.41) is 2.85. The van der Waals surface area contributed by atoms with Gasteiger partial charge in [-0.25, -0.2) is 4.79 Å². The summed E-state index contributed by atoms with van der Waals surface area (Å²) in [4.78, 5) is 23.9. The summed E-state index contributed by atoms with van der Waals surface area (Å²) in [6.45, 7) is -1.43. The highest BCUT2D eigenvalue weighted by Crippen LogP contribution is 2.18. The Labute approximate surface area is 133 Å². The van der Waals surface area contributed by atoms with E-state index in [1.54, 1.807) is 0 Å². The summed E-state index contributed by atoms with van der Waals surface area (Å²) < 4.78 is 33.4. The molecule has 0 aliphatic heterocycles. The second kappa shape index (κ2) is 7.89. The first-order valence-electron chi connectivity index (χ1n) is 7.52. The smallest absolute Gasteiger partial charge is 0.387 e. The lowest BCUT2D eigenvalue weighted by Crippen LogP contribution is -2.40. The van der Waals surface area contributed by atoms with Gasteiger partial charge in [-0.15, -0.1) is 0 Å². The largest absolute Gasteiger partial charge is 0.449 e. The second-order valence-corrected chi connectivity index (χ2v) is 5.44.